The van der Waals surface area contributed by atoms with Gasteiger partial charge in [0, 0.05) is 42.6 Å². The van der Waals surface area contributed by atoms with E-state index in [0.29, 0.717) is 18.1 Å². The van der Waals surface area contributed by atoms with Crippen molar-refractivity contribution in [2.45, 2.75) is 80.6 Å². The Hall–Kier alpha value is -0.520. The molecule has 4 rings (SSSR count). The Morgan fingerprint density at radius 3 is 2.45 bits per heavy atom. The van der Waals surface area contributed by atoms with Gasteiger partial charge in [-0.1, -0.05) is 0 Å². The normalized spacial score (nSPS) is 42.5. The summed E-state index contributed by atoms with van der Waals surface area (Å²) in [4.78, 5) is 16.9. The number of urea groups is 1. The van der Waals surface area contributed by atoms with Crippen LogP contribution in [0.5, 0.6) is 0 Å². The number of aliphatic hydroxyl groups is 1. The van der Waals surface area contributed by atoms with Crippen molar-refractivity contribution >= 4 is 17.6 Å². The van der Waals surface area contributed by atoms with Crippen LogP contribution in [0.3, 0.4) is 0 Å². The predicted octanol–water partition coefficient (Wildman–Crippen LogP) is 1.53. The maximum Gasteiger partial charge on any atom is 0.318 e. The molecule has 3 aliphatic heterocycles. The summed E-state index contributed by atoms with van der Waals surface area (Å²) in [5.41, 5.74) is 0. The third-order valence-corrected chi connectivity index (χ3v) is 6.57. The molecule has 0 aromatic carbocycles. The summed E-state index contributed by atoms with van der Waals surface area (Å²) >= 11 is 6.47. The Morgan fingerprint density at radius 1 is 1.09 bits per heavy atom. The van der Waals surface area contributed by atoms with Gasteiger partial charge in [0.1, 0.15) is 0 Å². The summed E-state index contributed by atoms with van der Waals surface area (Å²) in [7, 11) is 0. The summed E-state index contributed by atoms with van der Waals surface area (Å²) in [6.07, 6.45) is 7.45. The fourth-order valence-electron chi connectivity index (χ4n) is 4.76. The van der Waals surface area contributed by atoms with Crippen LogP contribution in [0.2, 0.25) is 0 Å². The number of aliphatic hydroxyl groups excluding tert-OH is 1. The average Bonchev–Trinajstić information content (AvgIpc) is 2.47. The first-order valence-electron chi connectivity index (χ1n) is 8.77. The molecule has 1 saturated carbocycles. The summed E-state index contributed by atoms with van der Waals surface area (Å²) in [6, 6.07) is 1.64. The maximum absolute atomic E-state index is 12.5. The van der Waals surface area contributed by atoms with Gasteiger partial charge >= 0.3 is 6.03 Å². The Morgan fingerprint density at radius 2 is 1.82 bits per heavy atom. The number of alkyl halides is 1. The molecule has 4 unspecified atom stereocenters. The Labute approximate surface area is 137 Å². The number of carbonyl (C=O) groups excluding carboxylic acids is 1. The van der Waals surface area contributed by atoms with Gasteiger partial charge in [0.25, 0.3) is 0 Å². The molecule has 2 bridgehead atoms. The molecule has 2 amide bonds. The molecule has 0 spiro atoms. The maximum atomic E-state index is 12.5. The number of nitrogens with one attached hydrogen (secondary N) is 1. The van der Waals surface area contributed by atoms with Crippen LogP contribution in [0.4, 0.5) is 4.79 Å². The van der Waals surface area contributed by atoms with Crippen LogP contribution >= 0.6 is 11.6 Å². The molecule has 3 heterocycles. The van der Waals surface area contributed by atoms with Crippen molar-refractivity contribution in [1.82, 2.24) is 15.1 Å². The first-order chi connectivity index (χ1) is 10.6. The fourth-order valence-corrected chi connectivity index (χ4v) is 5.15. The van der Waals surface area contributed by atoms with Crippen LogP contribution in [0.1, 0.15) is 44.9 Å². The van der Waals surface area contributed by atoms with Gasteiger partial charge in [-0.05, 0) is 44.9 Å². The van der Waals surface area contributed by atoms with Crippen molar-refractivity contribution in [3.63, 3.8) is 0 Å². The van der Waals surface area contributed by atoms with E-state index in [-0.39, 0.29) is 23.6 Å². The smallest absolute Gasteiger partial charge is 0.318 e. The molecule has 4 aliphatic rings. The molecule has 124 valence electrons. The molecule has 5 atom stereocenters. The second kappa shape index (κ2) is 5.84. The molecule has 5 nitrogen and oxygen atoms in total. The zero-order chi connectivity index (χ0) is 15.3. The number of nitrogens with zero attached hydrogens (tertiary/aromatic N) is 2. The van der Waals surface area contributed by atoms with Crippen molar-refractivity contribution in [3.05, 3.63) is 0 Å². The van der Waals surface area contributed by atoms with Gasteiger partial charge in [-0.15, -0.1) is 11.6 Å². The molecule has 0 radical (unpaired) electrons. The summed E-state index contributed by atoms with van der Waals surface area (Å²) in [5, 5.41) is 12.9. The lowest BCUT2D eigenvalue weighted by atomic mass is 9.80. The number of hydrogen-bond donors (Lipinski definition) is 2. The lowest BCUT2D eigenvalue weighted by molar-refractivity contribution is -0.0355. The first-order valence-corrected chi connectivity index (χ1v) is 9.20. The number of carbonyl (C=O) groups is 1. The highest BCUT2D eigenvalue weighted by Crippen LogP contribution is 2.38. The van der Waals surface area contributed by atoms with E-state index < -0.39 is 0 Å². The van der Waals surface area contributed by atoms with Crippen molar-refractivity contribution in [3.8, 4) is 0 Å². The highest BCUT2D eigenvalue weighted by Gasteiger charge is 2.45. The van der Waals surface area contributed by atoms with Gasteiger partial charge in [-0.3, -0.25) is 4.90 Å². The molecule has 22 heavy (non-hydrogen) atoms. The van der Waals surface area contributed by atoms with E-state index >= 15 is 0 Å². The van der Waals surface area contributed by atoms with E-state index in [0.717, 1.165) is 32.4 Å². The Bertz CT molecular complexity index is 429. The van der Waals surface area contributed by atoms with E-state index in [1.165, 1.54) is 25.7 Å². The largest absolute Gasteiger partial charge is 0.390 e. The van der Waals surface area contributed by atoms with Gasteiger partial charge < -0.3 is 15.3 Å². The van der Waals surface area contributed by atoms with Gasteiger partial charge in [-0.25, -0.2) is 4.79 Å². The Kier molecular flexibility index (Phi) is 3.99. The summed E-state index contributed by atoms with van der Waals surface area (Å²) < 4.78 is 0. The number of β-amino-alcohol motifs (C(OH)–C–C–N with tert-alkyl or cyclic N) is 1. The number of hydrogen-bond acceptors (Lipinski definition) is 3. The van der Waals surface area contributed by atoms with Crippen LogP contribution in [-0.4, -0.2) is 69.7 Å². The van der Waals surface area contributed by atoms with E-state index in [4.69, 9.17) is 11.6 Å². The van der Waals surface area contributed by atoms with Crippen molar-refractivity contribution < 1.29 is 9.90 Å². The minimum absolute atomic E-state index is 0.140. The molecular weight excluding hydrogens is 302 g/mol. The highest BCUT2D eigenvalue weighted by atomic mass is 35.5. The van der Waals surface area contributed by atoms with Crippen LogP contribution in [0, 0.1) is 0 Å². The third kappa shape index (κ3) is 2.61. The predicted molar refractivity (Wildman–Crippen MR) is 85.1 cm³/mol. The van der Waals surface area contributed by atoms with E-state index in [2.05, 4.69) is 15.1 Å². The minimum Gasteiger partial charge on any atom is -0.390 e. The Balaban J connectivity index is 1.32. The van der Waals surface area contributed by atoms with Gasteiger partial charge in [0.15, 0.2) is 0 Å². The SMILES string of the molecule is O=C(NC1CCC(Cl)C(N2CC(O)C2)C1)N1C2CCC[C@@H]1C2. The monoisotopic (exact) mass is 327 g/mol. The molecule has 3 saturated heterocycles. The number of halogens is 1. The van der Waals surface area contributed by atoms with E-state index in [9.17, 15) is 9.90 Å². The van der Waals surface area contributed by atoms with E-state index in [1.54, 1.807) is 0 Å². The second-order valence-corrected chi connectivity index (χ2v) is 8.09. The first kappa shape index (κ1) is 15.0. The van der Waals surface area contributed by atoms with Gasteiger partial charge in [-0.2, -0.15) is 0 Å². The fraction of sp³-hybridized carbons (Fsp3) is 0.938. The molecule has 4 fully saturated rings. The number of likely N-dealkylation sites (tertiary alicyclic amines) is 1. The van der Waals surface area contributed by atoms with Crippen molar-refractivity contribution in [1.29, 1.82) is 0 Å². The molecule has 0 aromatic rings. The molecular formula is C16H26ClN3O2. The lowest BCUT2D eigenvalue weighted by Gasteiger charge is -2.53. The standard InChI is InChI=1S/C16H26ClN3O2/c17-14-5-4-10(6-15(14)19-8-13(21)9-19)18-16(22)20-11-2-1-3-12(20)7-11/h10-15,21H,1-9H2,(H,18,22)/t10?,11-,12?,14?,15?/m1/s1. The van der Waals surface area contributed by atoms with Gasteiger partial charge in [0.05, 0.1) is 6.10 Å². The zero-order valence-electron chi connectivity index (χ0n) is 13.0. The average molecular weight is 328 g/mol. The third-order valence-electron chi connectivity index (χ3n) is 6.06. The molecule has 1 aliphatic carbocycles. The molecule has 6 heteroatoms. The summed E-state index contributed by atoms with van der Waals surface area (Å²) in [5.74, 6) is 0. The van der Waals surface area contributed by atoms with E-state index in [1.807, 2.05) is 0 Å². The quantitative estimate of drug-likeness (QED) is 0.756. The van der Waals surface area contributed by atoms with Gasteiger partial charge in [0.2, 0.25) is 0 Å². The number of fused-ring (bicyclic) bond motifs is 2. The minimum atomic E-state index is -0.195. The topological polar surface area (TPSA) is 55.8 Å². The number of piperidine rings is 1. The lowest BCUT2D eigenvalue weighted by Crippen LogP contribution is -2.65. The molecule has 0 aromatic heterocycles. The second-order valence-electron chi connectivity index (χ2n) is 7.53. The van der Waals surface area contributed by atoms with Crippen molar-refractivity contribution in [2.24, 2.45) is 0 Å². The summed E-state index contributed by atoms with van der Waals surface area (Å²) in [6.45, 7) is 1.45. The number of amides is 2. The molecule has 2 N–H and O–H groups in total. The highest BCUT2D eigenvalue weighted by molar-refractivity contribution is 6.21. The van der Waals surface area contributed by atoms with Crippen LogP contribution in [0.25, 0.3) is 0 Å². The number of rotatable bonds is 2. The van der Waals surface area contributed by atoms with Crippen LogP contribution < -0.4 is 5.32 Å². The van der Waals surface area contributed by atoms with Crippen LogP contribution in [0.15, 0.2) is 0 Å². The van der Waals surface area contributed by atoms with Crippen LogP contribution in [-0.2, 0) is 0 Å². The van der Waals surface area contributed by atoms with Crippen molar-refractivity contribution in [2.75, 3.05) is 13.1 Å². The zero-order valence-corrected chi connectivity index (χ0v) is 13.7.